The fraction of sp³-hybridized carbons (Fsp3) is 0.647. The number of anilines is 1. The van der Waals surface area contributed by atoms with Gasteiger partial charge in [-0.05, 0) is 26.0 Å². The van der Waals surface area contributed by atoms with Gasteiger partial charge in [-0.2, -0.15) is 0 Å². The van der Waals surface area contributed by atoms with Crippen LogP contribution in [0, 0.1) is 0 Å². The molecule has 1 aromatic rings. The third kappa shape index (κ3) is 4.87. The molecule has 1 unspecified atom stereocenters. The summed E-state index contributed by atoms with van der Waals surface area (Å²) in [6.45, 7) is 8.82. The van der Waals surface area contributed by atoms with Crippen LogP contribution < -0.4 is 9.64 Å². The Bertz CT molecular complexity index is 445. The zero-order valence-corrected chi connectivity index (χ0v) is 13.9. The number of para-hydroxylation sites is 2. The summed E-state index contributed by atoms with van der Waals surface area (Å²) in [6.07, 6.45) is -0.253. The number of aliphatic hydroxyl groups excluding tert-OH is 1. The number of β-amino-alcohol motifs (C(OH)–C–C–N with tert-alkyl or cyclic N) is 1. The van der Waals surface area contributed by atoms with Crippen molar-refractivity contribution in [3.8, 4) is 5.75 Å². The van der Waals surface area contributed by atoms with Crippen LogP contribution in [0.15, 0.2) is 24.3 Å². The minimum atomic E-state index is -0.416. The van der Waals surface area contributed by atoms with Crippen LogP contribution in [0.2, 0.25) is 0 Å². The van der Waals surface area contributed by atoms with Gasteiger partial charge in [0.2, 0.25) is 0 Å². The molecule has 0 bridgehead atoms. The predicted octanol–water partition coefficient (Wildman–Crippen LogP) is 1.60. The first kappa shape index (κ1) is 17.1. The van der Waals surface area contributed by atoms with E-state index in [1.807, 2.05) is 32.0 Å². The van der Waals surface area contributed by atoms with Gasteiger partial charge in [0.25, 0.3) is 0 Å². The fourth-order valence-electron chi connectivity index (χ4n) is 2.72. The Labute approximate surface area is 133 Å². The fourth-order valence-corrected chi connectivity index (χ4v) is 2.72. The number of ether oxygens (including phenoxy) is 2. The standard InChI is InChI=1S/C17H28N2O3/c1-14(2)22-13-15(20)12-18-8-10-19(11-9-18)16-6-4-5-7-17(16)21-3/h4-7,14-15,20H,8-13H2,1-3H3. The predicted molar refractivity (Wildman–Crippen MR) is 88.7 cm³/mol. The van der Waals surface area contributed by atoms with E-state index in [4.69, 9.17) is 9.47 Å². The van der Waals surface area contributed by atoms with Gasteiger partial charge in [-0.25, -0.2) is 0 Å². The second-order valence-electron chi connectivity index (χ2n) is 6.00. The Morgan fingerprint density at radius 1 is 1.14 bits per heavy atom. The monoisotopic (exact) mass is 308 g/mol. The molecule has 1 aromatic carbocycles. The zero-order valence-electron chi connectivity index (χ0n) is 13.9. The van der Waals surface area contributed by atoms with E-state index >= 15 is 0 Å². The molecule has 0 aliphatic carbocycles. The van der Waals surface area contributed by atoms with Crippen LogP contribution in [0.25, 0.3) is 0 Å². The topological polar surface area (TPSA) is 45.2 Å². The van der Waals surface area contributed by atoms with Crippen molar-refractivity contribution in [2.45, 2.75) is 26.1 Å². The lowest BCUT2D eigenvalue weighted by Gasteiger charge is -2.37. The van der Waals surface area contributed by atoms with Crippen molar-refractivity contribution >= 4 is 5.69 Å². The molecular formula is C17H28N2O3. The lowest BCUT2D eigenvalue weighted by Crippen LogP contribution is -2.49. The Morgan fingerprint density at radius 2 is 1.82 bits per heavy atom. The maximum atomic E-state index is 10.0. The van der Waals surface area contributed by atoms with Crippen LogP contribution in [0.1, 0.15) is 13.8 Å². The molecule has 0 saturated carbocycles. The van der Waals surface area contributed by atoms with Crippen molar-refractivity contribution in [1.29, 1.82) is 0 Å². The van der Waals surface area contributed by atoms with Crippen LogP contribution in [0.4, 0.5) is 5.69 Å². The highest BCUT2D eigenvalue weighted by Crippen LogP contribution is 2.28. The molecule has 2 rings (SSSR count). The molecule has 1 aliphatic rings. The number of piperazine rings is 1. The third-order valence-electron chi connectivity index (χ3n) is 3.89. The van der Waals surface area contributed by atoms with Crippen LogP contribution in [0.5, 0.6) is 5.75 Å². The van der Waals surface area contributed by atoms with E-state index < -0.39 is 6.10 Å². The highest BCUT2D eigenvalue weighted by Gasteiger charge is 2.21. The molecule has 124 valence electrons. The van der Waals surface area contributed by atoms with Gasteiger partial charge in [0.1, 0.15) is 5.75 Å². The molecule has 0 spiro atoms. The highest BCUT2D eigenvalue weighted by molar-refractivity contribution is 5.58. The van der Waals surface area contributed by atoms with Gasteiger partial charge < -0.3 is 19.5 Å². The molecule has 5 heteroatoms. The highest BCUT2D eigenvalue weighted by atomic mass is 16.5. The quantitative estimate of drug-likeness (QED) is 0.829. The third-order valence-corrected chi connectivity index (χ3v) is 3.89. The van der Waals surface area contributed by atoms with E-state index in [1.54, 1.807) is 7.11 Å². The van der Waals surface area contributed by atoms with E-state index in [0.29, 0.717) is 13.2 Å². The van der Waals surface area contributed by atoms with E-state index in [2.05, 4.69) is 15.9 Å². The second kappa shape index (κ2) is 8.36. The Morgan fingerprint density at radius 3 is 2.45 bits per heavy atom. The van der Waals surface area contributed by atoms with Crippen molar-refractivity contribution in [2.75, 3.05) is 51.3 Å². The average Bonchev–Trinajstić information content (AvgIpc) is 2.53. The van der Waals surface area contributed by atoms with Crippen molar-refractivity contribution in [2.24, 2.45) is 0 Å². The van der Waals surface area contributed by atoms with Gasteiger partial charge >= 0.3 is 0 Å². The van der Waals surface area contributed by atoms with Crippen molar-refractivity contribution in [3.63, 3.8) is 0 Å². The Hall–Kier alpha value is -1.30. The summed E-state index contributed by atoms with van der Waals surface area (Å²) in [5.74, 6) is 0.918. The minimum Gasteiger partial charge on any atom is -0.495 e. The van der Waals surface area contributed by atoms with Crippen LogP contribution in [-0.2, 0) is 4.74 Å². The van der Waals surface area contributed by atoms with E-state index in [0.717, 1.165) is 37.6 Å². The summed E-state index contributed by atoms with van der Waals surface area (Å²) < 4.78 is 10.9. The summed E-state index contributed by atoms with van der Waals surface area (Å²) in [5, 5.41) is 10.0. The second-order valence-corrected chi connectivity index (χ2v) is 6.00. The van der Waals surface area contributed by atoms with Gasteiger partial charge in [0.15, 0.2) is 0 Å². The van der Waals surface area contributed by atoms with E-state index in [1.165, 1.54) is 0 Å². The van der Waals surface area contributed by atoms with Crippen LogP contribution in [-0.4, -0.2) is 68.7 Å². The Balaban J connectivity index is 1.80. The summed E-state index contributed by atoms with van der Waals surface area (Å²) in [5.41, 5.74) is 1.15. The number of aliphatic hydroxyl groups is 1. The van der Waals surface area contributed by atoms with Gasteiger partial charge in [0.05, 0.1) is 31.6 Å². The first-order chi connectivity index (χ1) is 10.6. The molecule has 1 aliphatic heterocycles. The molecule has 0 amide bonds. The largest absolute Gasteiger partial charge is 0.495 e. The van der Waals surface area contributed by atoms with Crippen LogP contribution in [0.3, 0.4) is 0 Å². The number of hydrogen-bond acceptors (Lipinski definition) is 5. The molecule has 1 atom stereocenters. The first-order valence-electron chi connectivity index (χ1n) is 8.00. The number of nitrogens with zero attached hydrogens (tertiary/aromatic N) is 2. The van der Waals surface area contributed by atoms with Gasteiger partial charge in [-0.3, -0.25) is 4.90 Å². The SMILES string of the molecule is COc1ccccc1N1CCN(CC(O)COC(C)C)CC1. The normalized spacial score (nSPS) is 17.8. The molecule has 0 aromatic heterocycles. The zero-order chi connectivity index (χ0) is 15.9. The van der Waals surface area contributed by atoms with Crippen LogP contribution >= 0.6 is 0 Å². The lowest BCUT2D eigenvalue weighted by atomic mass is 10.2. The molecular weight excluding hydrogens is 280 g/mol. The summed E-state index contributed by atoms with van der Waals surface area (Å²) in [6, 6.07) is 8.12. The molecule has 1 fully saturated rings. The first-order valence-corrected chi connectivity index (χ1v) is 8.00. The number of benzene rings is 1. The van der Waals surface area contributed by atoms with E-state index in [-0.39, 0.29) is 6.10 Å². The molecule has 1 saturated heterocycles. The van der Waals surface area contributed by atoms with Gasteiger partial charge in [-0.15, -0.1) is 0 Å². The maximum Gasteiger partial charge on any atom is 0.142 e. The summed E-state index contributed by atoms with van der Waals surface area (Å²) in [7, 11) is 1.71. The maximum absolute atomic E-state index is 10.0. The van der Waals surface area contributed by atoms with Gasteiger partial charge in [-0.1, -0.05) is 12.1 Å². The number of methoxy groups -OCH3 is 1. The molecule has 1 N–H and O–H groups in total. The smallest absolute Gasteiger partial charge is 0.142 e. The molecule has 22 heavy (non-hydrogen) atoms. The Kier molecular flexibility index (Phi) is 6.49. The summed E-state index contributed by atoms with van der Waals surface area (Å²) >= 11 is 0. The van der Waals surface area contributed by atoms with Crippen molar-refractivity contribution < 1.29 is 14.6 Å². The number of rotatable bonds is 7. The number of hydrogen-bond donors (Lipinski definition) is 1. The van der Waals surface area contributed by atoms with Gasteiger partial charge in [0, 0.05) is 32.7 Å². The van der Waals surface area contributed by atoms with Crippen molar-refractivity contribution in [3.05, 3.63) is 24.3 Å². The average molecular weight is 308 g/mol. The van der Waals surface area contributed by atoms with E-state index in [9.17, 15) is 5.11 Å². The molecule has 0 radical (unpaired) electrons. The lowest BCUT2D eigenvalue weighted by molar-refractivity contribution is -0.00900. The molecule has 1 heterocycles. The summed E-state index contributed by atoms with van der Waals surface area (Å²) in [4.78, 5) is 4.63. The van der Waals surface area contributed by atoms with Crippen molar-refractivity contribution in [1.82, 2.24) is 4.90 Å². The minimum absolute atomic E-state index is 0.164. The molecule has 5 nitrogen and oxygen atoms in total.